The molecule has 0 amide bonds. The summed E-state index contributed by atoms with van der Waals surface area (Å²) in [4.78, 5) is 4.83. The molecule has 0 aromatic rings. The number of hydrogen-bond acceptors (Lipinski definition) is 1. The number of rotatable bonds is 4. The van der Waals surface area contributed by atoms with Crippen LogP contribution in [0.25, 0.3) is 0 Å². The van der Waals surface area contributed by atoms with Crippen molar-refractivity contribution in [2.75, 3.05) is 13.2 Å². The SMILES string of the molecule is CCOC[CH2][SnH]([CH3])[CH3]. The van der Waals surface area contributed by atoms with Crippen LogP contribution in [0, 0.1) is 0 Å². The Bertz CT molecular complexity index is 45.8. The topological polar surface area (TPSA) is 9.23 Å². The fourth-order valence-electron chi connectivity index (χ4n) is 0.463. The maximum atomic E-state index is 5.20. The van der Waals surface area contributed by atoms with Crippen molar-refractivity contribution in [3.05, 3.63) is 0 Å². The van der Waals surface area contributed by atoms with E-state index in [-0.39, 0.29) is 0 Å². The van der Waals surface area contributed by atoms with Crippen molar-refractivity contribution in [2.45, 2.75) is 21.2 Å². The summed E-state index contributed by atoms with van der Waals surface area (Å²) in [6.45, 7) is 3.96. The zero-order chi connectivity index (χ0) is 6.41. The third-order valence-corrected chi connectivity index (χ3v) is 5.01. The molecule has 1 nitrogen and oxygen atoms in total. The molecule has 0 N–H and O–H groups in total. The zero-order valence-corrected chi connectivity index (χ0v) is 9.40. The normalized spacial score (nSPS) is 10.5. The summed E-state index contributed by atoms with van der Waals surface area (Å²) in [5.41, 5.74) is 0. The Morgan fingerprint density at radius 1 is 1.38 bits per heavy atom. The summed E-state index contributed by atoms with van der Waals surface area (Å²) in [6, 6.07) is 0. The van der Waals surface area contributed by atoms with Crippen LogP contribution < -0.4 is 0 Å². The van der Waals surface area contributed by atoms with Gasteiger partial charge in [0.1, 0.15) is 0 Å². The first kappa shape index (κ1) is 8.76. The molecule has 0 aliphatic carbocycles. The number of hydrogen-bond donors (Lipinski definition) is 0. The van der Waals surface area contributed by atoms with Gasteiger partial charge >= 0.3 is 59.0 Å². The van der Waals surface area contributed by atoms with Crippen molar-refractivity contribution in [1.29, 1.82) is 0 Å². The van der Waals surface area contributed by atoms with Crippen molar-refractivity contribution >= 4 is 19.8 Å². The summed E-state index contributed by atoms with van der Waals surface area (Å²) < 4.78 is 6.60. The molecule has 0 aliphatic rings. The van der Waals surface area contributed by atoms with Gasteiger partial charge in [-0.05, 0) is 0 Å². The zero-order valence-electron chi connectivity index (χ0n) is 6.11. The second-order valence-corrected chi connectivity index (χ2v) is 12.0. The van der Waals surface area contributed by atoms with Gasteiger partial charge in [0, 0.05) is 0 Å². The average Bonchev–Trinajstić information content (AvgIpc) is 1.66. The molecule has 0 unspecified atom stereocenters. The standard InChI is InChI=1S/C4H9O.2CH3.Sn.H/c1-3-5-4-2;;;;/h1,3-4H2,2H3;2*1H3;;. The van der Waals surface area contributed by atoms with Crippen molar-refractivity contribution in [3.8, 4) is 0 Å². The third kappa shape index (κ3) is 6.76. The third-order valence-electron chi connectivity index (χ3n) is 1.04. The van der Waals surface area contributed by atoms with Crippen molar-refractivity contribution < 1.29 is 4.74 Å². The minimum absolute atomic E-state index is 0.887. The molecule has 0 saturated heterocycles. The van der Waals surface area contributed by atoms with E-state index in [2.05, 4.69) is 16.8 Å². The molecule has 50 valence electrons. The minimum atomic E-state index is -0.894. The molecule has 0 rings (SSSR count). The van der Waals surface area contributed by atoms with Crippen LogP contribution in [0.1, 0.15) is 6.92 Å². The van der Waals surface area contributed by atoms with Crippen LogP contribution >= 0.6 is 0 Å². The Labute approximate surface area is 59.2 Å². The fraction of sp³-hybridized carbons (Fsp3) is 1.00. The van der Waals surface area contributed by atoms with Crippen LogP contribution in [-0.4, -0.2) is 33.0 Å². The van der Waals surface area contributed by atoms with Gasteiger partial charge in [0.25, 0.3) is 0 Å². The van der Waals surface area contributed by atoms with Gasteiger partial charge in [0.2, 0.25) is 0 Å². The quantitative estimate of drug-likeness (QED) is 0.518. The number of ether oxygens (including phenoxy) is 1. The van der Waals surface area contributed by atoms with Gasteiger partial charge in [-0.25, -0.2) is 0 Å². The van der Waals surface area contributed by atoms with E-state index >= 15 is 0 Å². The second kappa shape index (κ2) is 5.89. The average molecular weight is 223 g/mol. The molecular weight excluding hydrogens is 207 g/mol. The molecule has 2 heteroatoms. The summed E-state index contributed by atoms with van der Waals surface area (Å²) in [5.74, 6) is 0. The van der Waals surface area contributed by atoms with Gasteiger partial charge in [0.05, 0.1) is 0 Å². The van der Waals surface area contributed by atoms with Gasteiger partial charge < -0.3 is 0 Å². The van der Waals surface area contributed by atoms with Crippen LogP contribution in [0.15, 0.2) is 0 Å². The predicted octanol–water partition coefficient (Wildman–Crippen LogP) is 1.51. The van der Waals surface area contributed by atoms with Gasteiger partial charge in [-0.15, -0.1) is 0 Å². The van der Waals surface area contributed by atoms with E-state index in [4.69, 9.17) is 4.74 Å². The van der Waals surface area contributed by atoms with Gasteiger partial charge in [0.15, 0.2) is 0 Å². The first-order valence-electron chi connectivity index (χ1n) is 3.35. The van der Waals surface area contributed by atoms with Crippen LogP contribution in [0.2, 0.25) is 14.3 Å². The molecule has 0 aromatic carbocycles. The molecular formula is C6H16OSn. The van der Waals surface area contributed by atoms with Gasteiger partial charge in [-0.1, -0.05) is 0 Å². The van der Waals surface area contributed by atoms with Gasteiger partial charge in [-0.2, -0.15) is 0 Å². The molecule has 8 heavy (non-hydrogen) atoms. The van der Waals surface area contributed by atoms with Crippen LogP contribution in [0.5, 0.6) is 0 Å². The summed E-state index contributed by atoms with van der Waals surface area (Å²) in [6.07, 6.45) is 0. The first-order chi connectivity index (χ1) is 3.77. The molecule has 0 saturated carbocycles. The molecule has 0 bridgehead atoms. The summed E-state index contributed by atoms with van der Waals surface area (Å²) in [5, 5.41) is 0. The van der Waals surface area contributed by atoms with Crippen molar-refractivity contribution in [1.82, 2.24) is 0 Å². The summed E-state index contributed by atoms with van der Waals surface area (Å²) >= 11 is -0.894. The molecule has 0 spiro atoms. The molecule has 0 radical (unpaired) electrons. The molecule has 0 atom stereocenters. The Kier molecular flexibility index (Phi) is 6.45. The van der Waals surface area contributed by atoms with E-state index in [1.165, 1.54) is 4.44 Å². The van der Waals surface area contributed by atoms with Crippen LogP contribution in [-0.2, 0) is 4.74 Å². The Hall–Kier alpha value is 0.759. The molecule has 0 aromatic heterocycles. The molecule has 0 fully saturated rings. The Balaban J connectivity index is 2.72. The maximum absolute atomic E-state index is 5.20. The van der Waals surface area contributed by atoms with E-state index in [9.17, 15) is 0 Å². The van der Waals surface area contributed by atoms with E-state index in [0.717, 1.165) is 13.2 Å². The fourth-order valence-corrected chi connectivity index (χ4v) is 2.28. The first-order valence-corrected chi connectivity index (χ1v) is 12.3. The van der Waals surface area contributed by atoms with Crippen LogP contribution in [0.3, 0.4) is 0 Å². The monoisotopic (exact) mass is 224 g/mol. The van der Waals surface area contributed by atoms with E-state index in [1.807, 2.05) is 0 Å². The Morgan fingerprint density at radius 3 is 2.38 bits per heavy atom. The van der Waals surface area contributed by atoms with Gasteiger partial charge in [-0.3, -0.25) is 0 Å². The van der Waals surface area contributed by atoms with Crippen molar-refractivity contribution in [2.24, 2.45) is 0 Å². The van der Waals surface area contributed by atoms with Crippen LogP contribution in [0.4, 0.5) is 0 Å². The summed E-state index contributed by atoms with van der Waals surface area (Å²) in [7, 11) is 0. The second-order valence-electron chi connectivity index (χ2n) is 2.38. The van der Waals surface area contributed by atoms with E-state index < -0.39 is 19.8 Å². The molecule has 0 aliphatic heterocycles. The Morgan fingerprint density at radius 2 is 2.00 bits per heavy atom. The van der Waals surface area contributed by atoms with E-state index in [1.54, 1.807) is 0 Å². The van der Waals surface area contributed by atoms with E-state index in [0.29, 0.717) is 0 Å². The molecule has 0 heterocycles. The predicted molar refractivity (Wildman–Crippen MR) is 40.2 cm³/mol. The van der Waals surface area contributed by atoms with Crippen molar-refractivity contribution in [3.63, 3.8) is 0 Å².